The molecule has 0 amide bonds. The Bertz CT molecular complexity index is 257. The van der Waals surface area contributed by atoms with E-state index in [-0.39, 0.29) is 12.1 Å². The van der Waals surface area contributed by atoms with Gasteiger partial charge in [-0.1, -0.05) is 13.3 Å². The van der Waals surface area contributed by atoms with Crippen molar-refractivity contribution in [1.82, 2.24) is 10.2 Å². The van der Waals surface area contributed by atoms with E-state index in [1.807, 2.05) is 0 Å². The van der Waals surface area contributed by atoms with E-state index in [9.17, 15) is 5.11 Å². The van der Waals surface area contributed by atoms with E-state index in [1.54, 1.807) is 0 Å². The number of aliphatic hydroxyl groups excluding tert-OH is 1. The molecular formula is C17H36N2O2. The molecule has 1 rings (SSSR count). The molecule has 0 spiro atoms. The smallest absolute Gasteiger partial charge is 0.0610 e. The van der Waals surface area contributed by atoms with E-state index in [1.165, 1.54) is 32.2 Å². The molecule has 0 bridgehead atoms. The summed E-state index contributed by atoms with van der Waals surface area (Å²) in [7, 11) is 2.23. The van der Waals surface area contributed by atoms with Crippen molar-refractivity contribution in [2.24, 2.45) is 5.92 Å². The molecule has 1 unspecified atom stereocenters. The first-order valence-electron chi connectivity index (χ1n) is 8.72. The molecule has 0 aromatic heterocycles. The predicted molar refractivity (Wildman–Crippen MR) is 88.7 cm³/mol. The molecule has 4 nitrogen and oxygen atoms in total. The molecule has 0 aromatic rings. The van der Waals surface area contributed by atoms with Crippen LogP contribution in [0.3, 0.4) is 0 Å². The first-order chi connectivity index (χ1) is 10.1. The third-order valence-corrected chi connectivity index (χ3v) is 4.58. The van der Waals surface area contributed by atoms with Gasteiger partial charge in [-0.25, -0.2) is 0 Å². The van der Waals surface area contributed by atoms with Crippen molar-refractivity contribution in [1.29, 1.82) is 0 Å². The maximum Gasteiger partial charge on any atom is 0.0610 e. The average Bonchev–Trinajstić information content (AvgIpc) is 2.50. The van der Waals surface area contributed by atoms with Crippen molar-refractivity contribution in [3.63, 3.8) is 0 Å². The molecule has 1 atom stereocenters. The molecule has 1 fully saturated rings. The molecule has 1 aliphatic heterocycles. The third-order valence-electron chi connectivity index (χ3n) is 4.58. The summed E-state index contributed by atoms with van der Waals surface area (Å²) in [5, 5.41) is 13.0. The number of unbranched alkanes of at least 4 members (excludes halogenated alkanes) is 1. The Morgan fingerprint density at radius 2 is 2.00 bits per heavy atom. The summed E-state index contributed by atoms with van der Waals surface area (Å²) in [6.07, 6.45) is 6.98. The number of hydrogen-bond acceptors (Lipinski definition) is 4. The van der Waals surface area contributed by atoms with Crippen LogP contribution in [0.4, 0.5) is 0 Å². The summed E-state index contributed by atoms with van der Waals surface area (Å²) in [6.45, 7) is 9.75. The first-order valence-corrected chi connectivity index (χ1v) is 8.72. The van der Waals surface area contributed by atoms with Gasteiger partial charge in [0.25, 0.3) is 0 Å². The van der Waals surface area contributed by atoms with Gasteiger partial charge in [0, 0.05) is 25.3 Å². The summed E-state index contributed by atoms with van der Waals surface area (Å²) in [6, 6.07) is 0. The quantitative estimate of drug-likeness (QED) is 0.575. The van der Waals surface area contributed by atoms with Crippen LogP contribution in [0.1, 0.15) is 52.4 Å². The Kier molecular flexibility index (Phi) is 9.49. The summed E-state index contributed by atoms with van der Waals surface area (Å²) >= 11 is 0. The molecule has 0 aliphatic carbocycles. The SMILES string of the molecule is CCCNC(C)(CO)CCCCN(C)CC1CCOCC1. The lowest BCUT2D eigenvalue weighted by molar-refractivity contribution is 0.0554. The van der Waals surface area contributed by atoms with Gasteiger partial charge in [0.1, 0.15) is 0 Å². The zero-order valence-electron chi connectivity index (χ0n) is 14.4. The van der Waals surface area contributed by atoms with Crippen LogP contribution in [0.15, 0.2) is 0 Å². The molecule has 0 radical (unpaired) electrons. The maximum absolute atomic E-state index is 9.55. The number of nitrogens with zero attached hydrogens (tertiary/aromatic N) is 1. The van der Waals surface area contributed by atoms with Crippen LogP contribution in [0.25, 0.3) is 0 Å². The second-order valence-electron chi connectivity index (χ2n) is 6.92. The van der Waals surface area contributed by atoms with Gasteiger partial charge >= 0.3 is 0 Å². The molecule has 126 valence electrons. The minimum Gasteiger partial charge on any atom is -0.394 e. The maximum atomic E-state index is 9.55. The normalized spacial score (nSPS) is 19.9. The van der Waals surface area contributed by atoms with Gasteiger partial charge in [-0.05, 0) is 65.1 Å². The number of aliphatic hydroxyl groups is 1. The van der Waals surface area contributed by atoms with Crippen molar-refractivity contribution in [3.8, 4) is 0 Å². The topological polar surface area (TPSA) is 44.7 Å². The highest BCUT2D eigenvalue weighted by atomic mass is 16.5. The van der Waals surface area contributed by atoms with E-state index < -0.39 is 0 Å². The fourth-order valence-electron chi connectivity index (χ4n) is 3.01. The van der Waals surface area contributed by atoms with E-state index in [4.69, 9.17) is 4.74 Å². The van der Waals surface area contributed by atoms with Crippen molar-refractivity contribution in [2.75, 3.05) is 46.5 Å². The van der Waals surface area contributed by atoms with Gasteiger partial charge in [-0.3, -0.25) is 0 Å². The Hall–Kier alpha value is -0.160. The van der Waals surface area contributed by atoms with E-state index in [0.717, 1.165) is 45.1 Å². The monoisotopic (exact) mass is 300 g/mol. The number of nitrogens with one attached hydrogen (secondary N) is 1. The Morgan fingerprint density at radius 1 is 1.29 bits per heavy atom. The number of hydrogen-bond donors (Lipinski definition) is 2. The van der Waals surface area contributed by atoms with Crippen LogP contribution >= 0.6 is 0 Å². The minimum atomic E-state index is -0.102. The zero-order valence-corrected chi connectivity index (χ0v) is 14.4. The summed E-state index contributed by atoms with van der Waals surface area (Å²) in [5.41, 5.74) is -0.102. The minimum absolute atomic E-state index is 0.102. The molecule has 1 aliphatic rings. The molecule has 2 N–H and O–H groups in total. The lowest BCUT2D eigenvalue weighted by Crippen LogP contribution is -2.46. The van der Waals surface area contributed by atoms with Crippen LogP contribution in [0, 0.1) is 5.92 Å². The average molecular weight is 300 g/mol. The second-order valence-corrected chi connectivity index (χ2v) is 6.92. The molecule has 1 heterocycles. The van der Waals surface area contributed by atoms with Crippen LogP contribution in [-0.4, -0.2) is 62.0 Å². The molecule has 4 heteroatoms. The van der Waals surface area contributed by atoms with Crippen molar-refractivity contribution in [2.45, 2.75) is 57.9 Å². The fourth-order valence-corrected chi connectivity index (χ4v) is 3.01. The predicted octanol–water partition coefficient (Wildman–Crippen LogP) is 2.27. The highest BCUT2D eigenvalue weighted by Gasteiger charge is 2.21. The van der Waals surface area contributed by atoms with E-state index >= 15 is 0 Å². The molecule has 21 heavy (non-hydrogen) atoms. The van der Waals surface area contributed by atoms with Gasteiger partial charge in [-0.15, -0.1) is 0 Å². The van der Waals surface area contributed by atoms with Crippen LogP contribution in [0.5, 0.6) is 0 Å². The zero-order chi connectivity index (χ0) is 15.6. The Labute approximate surface area is 131 Å². The lowest BCUT2D eigenvalue weighted by Gasteiger charge is -2.30. The van der Waals surface area contributed by atoms with Gasteiger partial charge in [-0.2, -0.15) is 0 Å². The van der Waals surface area contributed by atoms with Crippen molar-refractivity contribution < 1.29 is 9.84 Å². The largest absolute Gasteiger partial charge is 0.394 e. The van der Waals surface area contributed by atoms with Crippen LogP contribution in [0.2, 0.25) is 0 Å². The molecule has 0 saturated carbocycles. The summed E-state index contributed by atoms with van der Waals surface area (Å²) in [5.74, 6) is 0.817. The Morgan fingerprint density at radius 3 is 2.62 bits per heavy atom. The summed E-state index contributed by atoms with van der Waals surface area (Å²) < 4.78 is 5.41. The number of ether oxygens (including phenoxy) is 1. The molecular weight excluding hydrogens is 264 g/mol. The molecule has 0 aromatic carbocycles. The van der Waals surface area contributed by atoms with E-state index in [2.05, 4.69) is 31.1 Å². The second kappa shape index (κ2) is 10.5. The van der Waals surface area contributed by atoms with E-state index in [0.29, 0.717) is 0 Å². The van der Waals surface area contributed by atoms with Gasteiger partial charge in [0.15, 0.2) is 0 Å². The highest BCUT2D eigenvalue weighted by molar-refractivity contribution is 4.82. The third kappa shape index (κ3) is 8.15. The first kappa shape index (κ1) is 18.9. The van der Waals surface area contributed by atoms with Crippen molar-refractivity contribution in [3.05, 3.63) is 0 Å². The van der Waals surface area contributed by atoms with Crippen LogP contribution in [-0.2, 0) is 4.74 Å². The molecule has 1 saturated heterocycles. The summed E-state index contributed by atoms with van der Waals surface area (Å²) in [4.78, 5) is 2.46. The number of rotatable bonds is 11. The van der Waals surface area contributed by atoms with Crippen LogP contribution < -0.4 is 5.32 Å². The lowest BCUT2D eigenvalue weighted by atomic mass is 9.95. The highest BCUT2D eigenvalue weighted by Crippen LogP contribution is 2.17. The standard InChI is InChI=1S/C17H36N2O2/c1-4-10-18-17(2,15-20)9-5-6-11-19(3)14-16-7-12-21-13-8-16/h16,18,20H,4-15H2,1-3H3. The van der Waals surface area contributed by atoms with Gasteiger partial charge < -0.3 is 20.1 Å². The van der Waals surface area contributed by atoms with Gasteiger partial charge in [0.2, 0.25) is 0 Å². The Balaban J connectivity index is 2.11. The van der Waals surface area contributed by atoms with Crippen molar-refractivity contribution >= 4 is 0 Å². The fraction of sp³-hybridized carbons (Fsp3) is 1.00. The van der Waals surface area contributed by atoms with Gasteiger partial charge in [0.05, 0.1) is 6.61 Å².